The Bertz CT molecular complexity index is 1620. The van der Waals surface area contributed by atoms with Crippen molar-refractivity contribution in [3.05, 3.63) is 89.2 Å². The predicted molar refractivity (Wildman–Crippen MR) is 143 cm³/mol. The van der Waals surface area contributed by atoms with Crippen molar-refractivity contribution in [2.75, 3.05) is 32.4 Å². The molecule has 2 aromatic carbocycles. The van der Waals surface area contributed by atoms with E-state index in [-0.39, 0.29) is 5.56 Å². The fourth-order valence-electron chi connectivity index (χ4n) is 4.53. The first-order chi connectivity index (χ1) is 17.8. The standard InChI is InChI=1S/C28H26N4O4S/c1-37(35,36)32-15-13-31(14-16-32)19-21-7-5-20(6-8-21)9-10-22-3-2-4-25(28(33)34)26(22)24-17-23-11-12-29-27(23)30-18-24/h2-8,11-12,17-18H,13-16,19H2,1H3,(H,29,30)(H,33,34). The van der Waals surface area contributed by atoms with Crippen molar-refractivity contribution in [3.63, 3.8) is 0 Å². The van der Waals surface area contributed by atoms with Gasteiger partial charge in [0.15, 0.2) is 0 Å². The van der Waals surface area contributed by atoms with Crippen LogP contribution in [0, 0.1) is 11.8 Å². The molecule has 0 bridgehead atoms. The normalized spacial score (nSPS) is 14.8. The van der Waals surface area contributed by atoms with Gasteiger partial charge in [0.1, 0.15) is 5.65 Å². The molecule has 1 saturated heterocycles. The van der Waals surface area contributed by atoms with Crippen LogP contribution in [0.4, 0.5) is 0 Å². The van der Waals surface area contributed by atoms with Crippen molar-refractivity contribution in [2.45, 2.75) is 6.54 Å². The number of aromatic amines is 1. The molecule has 8 nitrogen and oxygen atoms in total. The summed E-state index contributed by atoms with van der Waals surface area (Å²) in [5, 5.41) is 10.7. The number of fused-ring (bicyclic) bond motifs is 1. The fraction of sp³-hybridized carbons (Fsp3) is 0.214. The van der Waals surface area contributed by atoms with Gasteiger partial charge in [0.25, 0.3) is 0 Å². The zero-order valence-electron chi connectivity index (χ0n) is 20.3. The number of pyridine rings is 1. The largest absolute Gasteiger partial charge is 0.478 e. The summed E-state index contributed by atoms with van der Waals surface area (Å²) in [6.45, 7) is 3.14. The number of sulfonamides is 1. The highest BCUT2D eigenvalue weighted by molar-refractivity contribution is 7.88. The van der Waals surface area contributed by atoms with Gasteiger partial charge in [-0.1, -0.05) is 30.0 Å². The lowest BCUT2D eigenvalue weighted by Gasteiger charge is -2.33. The molecule has 0 saturated carbocycles. The van der Waals surface area contributed by atoms with E-state index in [0.29, 0.717) is 42.9 Å². The lowest BCUT2D eigenvalue weighted by molar-refractivity contribution is 0.0697. The first kappa shape index (κ1) is 24.7. The Morgan fingerprint density at radius 1 is 1.05 bits per heavy atom. The number of hydrogen-bond donors (Lipinski definition) is 2. The summed E-state index contributed by atoms with van der Waals surface area (Å²) >= 11 is 0. The van der Waals surface area contributed by atoms with Crippen molar-refractivity contribution in [3.8, 4) is 23.0 Å². The quantitative estimate of drug-likeness (QED) is 0.396. The van der Waals surface area contributed by atoms with E-state index in [1.807, 2.05) is 42.5 Å². The van der Waals surface area contributed by atoms with Gasteiger partial charge in [-0.15, -0.1) is 0 Å². The highest BCUT2D eigenvalue weighted by atomic mass is 32.2. The second-order valence-corrected chi connectivity index (χ2v) is 11.0. The molecule has 1 fully saturated rings. The number of carbonyl (C=O) groups is 1. The van der Waals surface area contributed by atoms with Crippen molar-refractivity contribution in [2.24, 2.45) is 0 Å². The number of carboxylic acids is 1. The van der Waals surface area contributed by atoms with E-state index in [1.165, 1.54) is 10.6 Å². The van der Waals surface area contributed by atoms with Gasteiger partial charge in [-0.25, -0.2) is 18.2 Å². The van der Waals surface area contributed by atoms with E-state index in [1.54, 1.807) is 24.5 Å². The molecule has 0 spiro atoms. The van der Waals surface area contributed by atoms with Crippen molar-refractivity contribution in [1.82, 2.24) is 19.2 Å². The molecule has 0 aliphatic carbocycles. The van der Waals surface area contributed by atoms with Crippen LogP contribution in [0.5, 0.6) is 0 Å². The second-order valence-electron chi connectivity index (χ2n) is 9.06. The maximum atomic E-state index is 12.0. The smallest absolute Gasteiger partial charge is 0.336 e. The van der Waals surface area contributed by atoms with Crippen LogP contribution in [-0.4, -0.2) is 71.1 Å². The van der Waals surface area contributed by atoms with E-state index < -0.39 is 16.0 Å². The molecule has 0 amide bonds. The van der Waals surface area contributed by atoms with E-state index in [4.69, 9.17) is 0 Å². The summed E-state index contributed by atoms with van der Waals surface area (Å²) in [5.41, 5.74) is 4.71. The number of rotatable bonds is 5. The van der Waals surface area contributed by atoms with Crippen LogP contribution in [0.25, 0.3) is 22.2 Å². The van der Waals surface area contributed by atoms with Gasteiger partial charge >= 0.3 is 5.97 Å². The Balaban J connectivity index is 1.36. The number of benzene rings is 2. The van der Waals surface area contributed by atoms with Crippen molar-refractivity contribution < 1.29 is 18.3 Å². The van der Waals surface area contributed by atoms with Crippen LogP contribution in [0.2, 0.25) is 0 Å². The Morgan fingerprint density at radius 2 is 1.81 bits per heavy atom. The third-order valence-corrected chi connectivity index (χ3v) is 7.79. The predicted octanol–water partition coefficient (Wildman–Crippen LogP) is 3.41. The number of aromatic nitrogens is 2. The van der Waals surface area contributed by atoms with Gasteiger partial charge in [-0.05, 0) is 42.0 Å². The number of nitrogens with one attached hydrogen (secondary N) is 1. The first-order valence-electron chi connectivity index (χ1n) is 11.9. The van der Waals surface area contributed by atoms with E-state index >= 15 is 0 Å². The van der Waals surface area contributed by atoms with Gasteiger partial charge < -0.3 is 10.1 Å². The molecule has 9 heteroatoms. The number of piperazine rings is 1. The highest BCUT2D eigenvalue weighted by Crippen LogP contribution is 2.29. The van der Waals surface area contributed by atoms with Gasteiger partial charge in [0.2, 0.25) is 10.0 Å². The van der Waals surface area contributed by atoms with Gasteiger partial charge in [0.05, 0.1) is 11.8 Å². The summed E-state index contributed by atoms with van der Waals surface area (Å²) in [6, 6.07) is 16.8. The van der Waals surface area contributed by atoms with E-state index in [9.17, 15) is 18.3 Å². The molecular formula is C28H26N4O4S. The number of aromatic carboxylic acids is 1. The average Bonchev–Trinajstić information content (AvgIpc) is 3.36. The first-order valence-corrected chi connectivity index (χ1v) is 13.7. The topological polar surface area (TPSA) is 107 Å². The molecule has 0 atom stereocenters. The molecule has 2 N–H and O–H groups in total. The SMILES string of the molecule is CS(=O)(=O)N1CCN(Cc2ccc(C#Cc3cccc(C(=O)O)c3-c3cnc4[nH]ccc4c3)cc2)CC1. The molecule has 0 radical (unpaired) electrons. The minimum atomic E-state index is -3.14. The maximum absolute atomic E-state index is 12.0. The van der Waals surface area contributed by atoms with Crippen LogP contribution >= 0.6 is 0 Å². The van der Waals surface area contributed by atoms with Crippen LogP contribution in [-0.2, 0) is 16.6 Å². The Kier molecular flexibility index (Phi) is 6.80. The maximum Gasteiger partial charge on any atom is 0.336 e. The van der Waals surface area contributed by atoms with E-state index in [2.05, 4.69) is 26.7 Å². The molecule has 2 aromatic heterocycles. The van der Waals surface area contributed by atoms with Crippen LogP contribution in [0.1, 0.15) is 27.0 Å². The number of carboxylic acid groups (broad SMARTS) is 1. The molecule has 3 heterocycles. The molecule has 5 rings (SSSR count). The summed E-state index contributed by atoms with van der Waals surface area (Å²) < 4.78 is 24.9. The van der Waals surface area contributed by atoms with Gasteiger partial charge in [-0.3, -0.25) is 4.90 Å². The molecule has 37 heavy (non-hydrogen) atoms. The van der Waals surface area contributed by atoms with Crippen molar-refractivity contribution in [1.29, 1.82) is 0 Å². The van der Waals surface area contributed by atoms with Gasteiger partial charge in [-0.2, -0.15) is 4.31 Å². The molecule has 1 aliphatic heterocycles. The summed E-state index contributed by atoms with van der Waals surface area (Å²) in [4.78, 5) is 21.7. The molecule has 1 aliphatic rings. The third-order valence-electron chi connectivity index (χ3n) is 6.49. The molecule has 188 valence electrons. The zero-order chi connectivity index (χ0) is 26.0. The van der Waals surface area contributed by atoms with Crippen LogP contribution < -0.4 is 0 Å². The highest BCUT2D eigenvalue weighted by Gasteiger charge is 2.23. The third kappa shape index (κ3) is 5.57. The Morgan fingerprint density at radius 3 is 2.51 bits per heavy atom. The van der Waals surface area contributed by atoms with Gasteiger partial charge in [0, 0.05) is 72.8 Å². The lowest BCUT2D eigenvalue weighted by Crippen LogP contribution is -2.47. The van der Waals surface area contributed by atoms with Crippen molar-refractivity contribution >= 4 is 27.0 Å². The number of H-pyrrole nitrogens is 1. The number of nitrogens with zero attached hydrogens (tertiary/aromatic N) is 3. The fourth-order valence-corrected chi connectivity index (χ4v) is 5.36. The minimum Gasteiger partial charge on any atom is -0.478 e. The summed E-state index contributed by atoms with van der Waals surface area (Å²) in [7, 11) is -3.14. The summed E-state index contributed by atoms with van der Waals surface area (Å²) in [5.74, 6) is 5.31. The zero-order valence-corrected chi connectivity index (χ0v) is 21.1. The minimum absolute atomic E-state index is 0.176. The Labute approximate surface area is 215 Å². The molecular weight excluding hydrogens is 488 g/mol. The number of hydrogen-bond acceptors (Lipinski definition) is 5. The lowest BCUT2D eigenvalue weighted by atomic mass is 9.95. The van der Waals surface area contributed by atoms with Crippen LogP contribution in [0.3, 0.4) is 0 Å². The van der Waals surface area contributed by atoms with E-state index in [0.717, 1.165) is 28.7 Å². The molecule has 0 unspecified atom stereocenters. The average molecular weight is 515 g/mol. The van der Waals surface area contributed by atoms with Crippen LogP contribution in [0.15, 0.2) is 67.0 Å². The monoisotopic (exact) mass is 514 g/mol. The Hall–Kier alpha value is -3.97. The second kappa shape index (κ2) is 10.2. The summed E-state index contributed by atoms with van der Waals surface area (Å²) in [6.07, 6.45) is 4.71. The molecule has 4 aromatic rings.